The smallest absolute Gasteiger partial charge is 0.193 e. The van der Waals surface area contributed by atoms with Gasteiger partial charge in [0.05, 0.1) is 0 Å². The first-order chi connectivity index (χ1) is 25.0. The summed E-state index contributed by atoms with van der Waals surface area (Å²) in [5, 5.41) is 0. The van der Waals surface area contributed by atoms with Crippen LogP contribution >= 0.6 is 0 Å². The second-order valence-corrected chi connectivity index (χ2v) is 12.1. The van der Waals surface area contributed by atoms with Crippen molar-refractivity contribution < 1.29 is 28.6 Å². The van der Waals surface area contributed by atoms with Crippen molar-refractivity contribution in [3.63, 3.8) is 0 Å². The van der Waals surface area contributed by atoms with Crippen molar-refractivity contribution in [2.24, 2.45) is 0 Å². The largest absolute Gasteiger partial charge is 0.490 e. The first-order valence-corrected chi connectivity index (χ1v) is 17.0. The predicted molar refractivity (Wildman–Crippen MR) is 198 cm³/mol. The second kappa shape index (κ2) is 16.9. The van der Waals surface area contributed by atoms with E-state index in [-0.39, 0.29) is 24.0 Å². The van der Waals surface area contributed by atoms with E-state index in [1.165, 1.54) is 0 Å². The molecule has 6 heteroatoms. The summed E-state index contributed by atoms with van der Waals surface area (Å²) in [6, 6.07) is 48.7. The summed E-state index contributed by atoms with van der Waals surface area (Å²) in [4.78, 5) is 38.9. The number of carbonyl (C=O) groups excluding carboxylic acids is 3. The van der Waals surface area contributed by atoms with E-state index in [0.29, 0.717) is 57.1 Å². The van der Waals surface area contributed by atoms with E-state index in [1.54, 1.807) is 109 Å². The number of benzene rings is 6. The Balaban J connectivity index is 1.20. The molecule has 0 heterocycles. The molecule has 0 spiro atoms. The van der Waals surface area contributed by atoms with Gasteiger partial charge in [0.2, 0.25) is 0 Å². The molecular weight excluding hydrogens is 636 g/mol. The average Bonchev–Trinajstić information content (AvgIpc) is 3.20. The maximum atomic E-state index is 13.0. The Hall–Kier alpha value is -6.27. The average molecular weight is 675 g/mol. The molecule has 6 aromatic carbocycles. The number of hydrogen-bond acceptors (Lipinski definition) is 6. The fraction of sp³-hybridized carbons (Fsp3) is 0.133. The Morgan fingerprint density at radius 2 is 0.725 bits per heavy atom. The molecule has 0 aliphatic rings. The first kappa shape index (κ1) is 34.6. The van der Waals surface area contributed by atoms with Crippen LogP contribution in [0.1, 0.15) is 67.5 Å². The molecule has 0 aliphatic carbocycles. The van der Waals surface area contributed by atoms with Crippen molar-refractivity contribution in [2.45, 2.75) is 32.0 Å². The zero-order valence-electron chi connectivity index (χ0n) is 28.3. The lowest BCUT2D eigenvalue weighted by molar-refractivity contribution is 0.0181. The minimum Gasteiger partial charge on any atom is -0.490 e. The molecule has 0 fully saturated rings. The van der Waals surface area contributed by atoms with Crippen LogP contribution in [0.3, 0.4) is 0 Å². The minimum absolute atomic E-state index is 0.0625. The molecule has 0 aliphatic heterocycles. The summed E-state index contributed by atoms with van der Waals surface area (Å²) < 4.78 is 19.3. The van der Waals surface area contributed by atoms with Crippen LogP contribution in [0.15, 0.2) is 164 Å². The normalized spacial score (nSPS) is 11.9. The van der Waals surface area contributed by atoms with Crippen molar-refractivity contribution in [2.75, 3.05) is 6.61 Å². The van der Waals surface area contributed by atoms with Crippen molar-refractivity contribution in [1.29, 1.82) is 0 Å². The predicted octanol–water partition coefficient (Wildman–Crippen LogP) is 9.45. The van der Waals surface area contributed by atoms with Crippen LogP contribution in [-0.2, 0) is 0 Å². The maximum absolute atomic E-state index is 13.0. The summed E-state index contributed by atoms with van der Waals surface area (Å²) in [5.41, 5.74) is 3.53. The molecule has 254 valence electrons. The van der Waals surface area contributed by atoms with E-state index in [0.717, 1.165) is 6.42 Å². The van der Waals surface area contributed by atoms with Crippen LogP contribution < -0.4 is 14.2 Å². The number of carbonyl (C=O) groups is 3. The molecule has 0 radical (unpaired) electrons. The minimum atomic E-state index is -0.558. The van der Waals surface area contributed by atoms with E-state index in [1.807, 2.05) is 54.6 Å². The van der Waals surface area contributed by atoms with Gasteiger partial charge in [0.25, 0.3) is 0 Å². The van der Waals surface area contributed by atoms with E-state index in [9.17, 15) is 14.4 Å². The number of ketones is 3. The molecule has 6 rings (SSSR count). The lowest BCUT2D eigenvalue weighted by Gasteiger charge is -2.29. The molecule has 6 nitrogen and oxygen atoms in total. The molecule has 0 saturated heterocycles. The molecular formula is C45H38O6. The fourth-order valence-electron chi connectivity index (χ4n) is 5.69. The number of rotatable bonds is 16. The van der Waals surface area contributed by atoms with Gasteiger partial charge in [-0.1, -0.05) is 104 Å². The topological polar surface area (TPSA) is 78.9 Å². The van der Waals surface area contributed by atoms with Crippen molar-refractivity contribution in [3.05, 3.63) is 197 Å². The molecule has 51 heavy (non-hydrogen) atoms. The summed E-state index contributed by atoms with van der Waals surface area (Å²) in [6.45, 7) is 2.22. The van der Waals surface area contributed by atoms with Crippen LogP contribution in [0.25, 0.3) is 0 Å². The molecule has 0 aromatic heterocycles. The number of ether oxygens (including phenoxy) is 3. The Bertz CT molecular complexity index is 2020. The van der Waals surface area contributed by atoms with Gasteiger partial charge in [-0.3, -0.25) is 14.4 Å². The highest BCUT2D eigenvalue weighted by Gasteiger charge is 2.27. The van der Waals surface area contributed by atoms with Crippen LogP contribution in [0, 0.1) is 0 Å². The molecule has 6 aromatic rings. The lowest BCUT2D eigenvalue weighted by atomic mass is 10.0. The molecule has 0 bridgehead atoms. The molecule has 2 unspecified atom stereocenters. The highest BCUT2D eigenvalue weighted by Crippen LogP contribution is 2.25. The third-order valence-electron chi connectivity index (χ3n) is 8.43. The second-order valence-electron chi connectivity index (χ2n) is 12.1. The van der Waals surface area contributed by atoms with Crippen LogP contribution in [-0.4, -0.2) is 36.2 Å². The summed E-state index contributed by atoms with van der Waals surface area (Å²) >= 11 is 0. The van der Waals surface area contributed by atoms with Gasteiger partial charge in [0.1, 0.15) is 30.0 Å². The van der Waals surface area contributed by atoms with Crippen LogP contribution in [0.4, 0.5) is 0 Å². The first-order valence-electron chi connectivity index (χ1n) is 17.0. The van der Waals surface area contributed by atoms with E-state index in [2.05, 4.69) is 6.92 Å². The van der Waals surface area contributed by atoms with E-state index < -0.39 is 12.2 Å². The Morgan fingerprint density at radius 1 is 0.412 bits per heavy atom. The summed E-state index contributed by atoms with van der Waals surface area (Å²) in [7, 11) is 0. The molecule has 0 saturated carbocycles. The zero-order chi connectivity index (χ0) is 35.4. The highest BCUT2D eigenvalue weighted by atomic mass is 16.6. The van der Waals surface area contributed by atoms with E-state index >= 15 is 0 Å². The van der Waals surface area contributed by atoms with Gasteiger partial charge in [0.15, 0.2) is 23.5 Å². The monoisotopic (exact) mass is 674 g/mol. The highest BCUT2D eigenvalue weighted by molar-refractivity contribution is 6.10. The van der Waals surface area contributed by atoms with Crippen LogP contribution in [0.2, 0.25) is 0 Å². The number of hydrogen-bond donors (Lipinski definition) is 0. The molecule has 0 N–H and O–H groups in total. The maximum Gasteiger partial charge on any atom is 0.193 e. The standard InChI is InChI=1S/C45H38O6/c1-2-12-41(50-39-27-21-36(22-28-39)44(47)33-15-8-4-9-16-33)42(51-40-29-23-37(24-30-40)45(48)34-17-10-5-11-18-34)31-49-38-25-19-35(20-26-38)43(46)32-13-6-3-7-14-32/h3-11,13-30,41-42H,2,12,31H2,1H3. The molecule has 0 amide bonds. The quantitative estimate of drug-likeness (QED) is 0.0952. The third kappa shape index (κ3) is 9.05. The SMILES string of the molecule is CCCC(Oc1ccc(C(=O)c2ccccc2)cc1)C(COc1ccc(C(=O)c2ccccc2)cc1)Oc1ccc(C(=O)c2ccccc2)cc1. The van der Waals surface area contributed by atoms with Gasteiger partial charge in [-0.05, 0) is 79.2 Å². The van der Waals surface area contributed by atoms with Crippen LogP contribution in [0.5, 0.6) is 17.2 Å². The zero-order valence-corrected chi connectivity index (χ0v) is 28.3. The van der Waals surface area contributed by atoms with E-state index in [4.69, 9.17) is 14.2 Å². The van der Waals surface area contributed by atoms with Gasteiger partial charge in [-0.15, -0.1) is 0 Å². The Labute approximate surface area is 298 Å². The van der Waals surface area contributed by atoms with Gasteiger partial charge < -0.3 is 14.2 Å². The summed E-state index contributed by atoms with van der Waals surface area (Å²) in [6.07, 6.45) is 0.496. The fourth-order valence-corrected chi connectivity index (χ4v) is 5.69. The Kier molecular flexibility index (Phi) is 11.5. The Morgan fingerprint density at radius 3 is 1.08 bits per heavy atom. The van der Waals surface area contributed by atoms with Gasteiger partial charge in [0, 0.05) is 33.4 Å². The summed E-state index contributed by atoms with van der Waals surface area (Å²) in [5.74, 6) is 1.54. The lowest BCUT2D eigenvalue weighted by Crippen LogP contribution is -2.41. The van der Waals surface area contributed by atoms with Crippen molar-refractivity contribution in [1.82, 2.24) is 0 Å². The van der Waals surface area contributed by atoms with Gasteiger partial charge in [-0.25, -0.2) is 0 Å². The van der Waals surface area contributed by atoms with Gasteiger partial charge in [-0.2, -0.15) is 0 Å². The van der Waals surface area contributed by atoms with Crippen molar-refractivity contribution >= 4 is 17.3 Å². The van der Waals surface area contributed by atoms with Crippen molar-refractivity contribution in [3.8, 4) is 17.2 Å². The molecule has 2 atom stereocenters. The third-order valence-corrected chi connectivity index (χ3v) is 8.43. The van der Waals surface area contributed by atoms with Gasteiger partial charge >= 0.3 is 0 Å².